The fourth-order valence-corrected chi connectivity index (χ4v) is 4.63. The van der Waals surface area contributed by atoms with E-state index in [0.29, 0.717) is 52.4 Å². The molecular formula is C32H28O9. The number of allylic oxidation sites excluding steroid dienone is 1. The van der Waals surface area contributed by atoms with Gasteiger partial charge in [0, 0.05) is 17.7 Å². The molecule has 2 aromatic heterocycles. The normalized spacial score (nSPS) is 12.4. The smallest absolute Gasteiger partial charge is 0.204 e. The quantitative estimate of drug-likeness (QED) is 0.262. The van der Waals surface area contributed by atoms with Crippen LogP contribution in [0.3, 0.4) is 0 Å². The molecule has 210 valence electrons. The topological polar surface area (TPSA) is 129 Å². The first-order valence-electron chi connectivity index (χ1n) is 12.8. The molecule has 0 saturated carbocycles. The number of fused-ring (bicyclic) bond motifs is 3. The molecule has 0 fully saturated rings. The number of hydrogen-bond acceptors (Lipinski definition) is 9. The molecule has 2 N–H and O–H groups in total. The molecule has 0 amide bonds. The van der Waals surface area contributed by atoms with Crippen LogP contribution in [0.25, 0.3) is 33.1 Å². The molecule has 1 aliphatic heterocycles. The monoisotopic (exact) mass is 556 g/mol. The van der Waals surface area contributed by atoms with Crippen molar-refractivity contribution >= 4 is 21.9 Å². The Kier molecular flexibility index (Phi) is 7.43. The number of ether oxygens (including phenoxy) is 3. The number of phenols is 2. The molecule has 6 rings (SSSR count). The first-order valence-corrected chi connectivity index (χ1v) is 12.8. The second kappa shape index (κ2) is 11.1. The summed E-state index contributed by atoms with van der Waals surface area (Å²) in [7, 11) is 2.99. The first kappa shape index (κ1) is 27.4. The van der Waals surface area contributed by atoms with E-state index in [0.717, 1.165) is 11.1 Å². The van der Waals surface area contributed by atoms with Gasteiger partial charge in [-0.25, -0.2) is 0 Å². The molecule has 1 aliphatic rings. The number of benzene rings is 3. The summed E-state index contributed by atoms with van der Waals surface area (Å²) in [5.41, 5.74) is 3.06. The van der Waals surface area contributed by atoms with Gasteiger partial charge >= 0.3 is 0 Å². The summed E-state index contributed by atoms with van der Waals surface area (Å²) in [4.78, 5) is 24.6. The minimum absolute atomic E-state index is 0.0350. The Morgan fingerprint density at radius 1 is 0.927 bits per heavy atom. The average Bonchev–Trinajstić information content (AvgIpc) is 3.14. The number of methoxy groups -OCH3 is 2. The highest BCUT2D eigenvalue weighted by Gasteiger charge is 2.19. The van der Waals surface area contributed by atoms with Crippen LogP contribution in [0.1, 0.15) is 18.2 Å². The number of rotatable bonds is 3. The maximum Gasteiger partial charge on any atom is 0.204 e. The van der Waals surface area contributed by atoms with Gasteiger partial charge in [-0.1, -0.05) is 18.2 Å². The van der Waals surface area contributed by atoms with Crippen molar-refractivity contribution in [2.24, 2.45) is 0 Å². The number of hydrogen-bond donors (Lipinski definition) is 2. The van der Waals surface area contributed by atoms with Crippen LogP contribution in [0.4, 0.5) is 0 Å². The van der Waals surface area contributed by atoms with E-state index in [9.17, 15) is 19.8 Å². The van der Waals surface area contributed by atoms with Crippen molar-refractivity contribution in [3.63, 3.8) is 0 Å². The van der Waals surface area contributed by atoms with Gasteiger partial charge in [-0.3, -0.25) is 9.59 Å². The third kappa shape index (κ3) is 5.21. The lowest BCUT2D eigenvalue weighted by Crippen LogP contribution is -2.05. The fraction of sp³-hybridized carbons (Fsp3) is 0.188. The number of phenolic OH excluding ortho intramolecular Hbond substituents is 2. The van der Waals surface area contributed by atoms with Crippen molar-refractivity contribution in [2.75, 3.05) is 20.8 Å². The number of aryl methyl sites for hydroxylation is 1. The lowest BCUT2D eigenvalue weighted by atomic mass is 10.0. The van der Waals surface area contributed by atoms with Crippen LogP contribution in [0.5, 0.6) is 28.7 Å². The second-order valence-electron chi connectivity index (χ2n) is 9.54. The summed E-state index contributed by atoms with van der Waals surface area (Å²) in [6.07, 6.45) is 3.91. The maximum atomic E-state index is 12.6. The molecule has 3 aromatic carbocycles. The zero-order valence-electron chi connectivity index (χ0n) is 22.9. The van der Waals surface area contributed by atoms with Crippen molar-refractivity contribution < 1.29 is 33.3 Å². The highest BCUT2D eigenvalue weighted by molar-refractivity contribution is 5.88. The Labute approximate surface area is 234 Å². The Balaban J connectivity index is 0.000000166. The molecule has 0 spiro atoms. The first-order chi connectivity index (χ1) is 19.7. The summed E-state index contributed by atoms with van der Waals surface area (Å²) >= 11 is 0. The molecule has 0 bridgehead atoms. The molecule has 9 nitrogen and oxygen atoms in total. The summed E-state index contributed by atoms with van der Waals surface area (Å²) < 4.78 is 26.9. The van der Waals surface area contributed by atoms with E-state index in [1.165, 1.54) is 31.6 Å². The van der Waals surface area contributed by atoms with Gasteiger partial charge in [-0.2, -0.15) is 0 Å². The molecule has 9 heteroatoms. The van der Waals surface area contributed by atoms with Gasteiger partial charge in [-0.15, -0.1) is 0 Å². The molecule has 0 saturated heterocycles. The van der Waals surface area contributed by atoms with E-state index in [1.54, 1.807) is 44.4 Å². The Morgan fingerprint density at radius 3 is 2.39 bits per heavy atom. The third-order valence-electron chi connectivity index (χ3n) is 6.77. The van der Waals surface area contributed by atoms with E-state index in [2.05, 4.69) is 0 Å². The molecule has 0 aliphatic carbocycles. The standard InChI is InChI=1S/C17H14O5.C15H14O4/c1-20-11-5-3-10(4-6-11)13-9-22-16-12(15(13)19)7-8-14(18)17(16)21-2;1-8-3-4-10-12(18-7-8)6-13-14(15(10)17)11(16)5-9(2)19-13/h3-9,18H,1-2H3;3,5-6,17H,4,7H2,1-2H3. The zero-order chi connectivity index (χ0) is 29.3. The second-order valence-corrected chi connectivity index (χ2v) is 9.54. The van der Waals surface area contributed by atoms with Gasteiger partial charge in [-0.05, 0) is 55.7 Å². The molecule has 41 heavy (non-hydrogen) atoms. The lowest BCUT2D eigenvalue weighted by molar-refractivity contribution is 0.349. The molecule has 3 heterocycles. The van der Waals surface area contributed by atoms with E-state index in [4.69, 9.17) is 23.0 Å². The van der Waals surface area contributed by atoms with Crippen molar-refractivity contribution in [3.8, 4) is 39.9 Å². The largest absolute Gasteiger partial charge is 0.507 e. The van der Waals surface area contributed by atoms with Gasteiger partial charge in [0.25, 0.3) is 0 Å². The van der Waals surface area contributed by atoms with Gasteiger partial charge in [0.05, 0.1) is 25.2 Å². The van der Waals surface area contributed by atoms with Crippen molar-refractivity contribution in [3.05, 3.63) is 98.2 Å². The van der Waals surface area contributed by atoms with Crippen molar-refractivity contribution in [2.45, 2.75) is 20.3 Å². The van der Waals surface area contributed by atoms with E-state index in [1.807, 2.05) is 13.0 Å². The predicted octanol–water partition coefficient (Wildman–Crippen LogP) is 5.87. The summed E-state index contributed by atoms with van der Waals surface area (Å²) in [5.74, 6) is 1.84. The Bertz CT molecular complexity index is 1910. The zero-order valence-corrected chi connectivity index (χ0v) is 22.9. The molecule has 0 unspecified atom stereocenters. The van der Waals surface area contributed by atoms with Crippen molar-refractivity contribution in [1.82, 2.24) is 0 Å². The summed E-state index contributed by atoms with van der Waals surface area (Å²) in [6, 6.07) is 13.1. The average molecular weight is 557 g/mol. The molecule has 0 atom stereocenters. The lowest BCUT2D eigenvalue weighted by Gasteiger charge is -2.11. The predicted molar refractivity (Wildman–Crippen MR) is 155 cm³/mol. The highest BCUT2D eigenvalue weighted by atomic mass is 16.5. The molecule has 5 aromatic rings. The summed E-state index contributed by atoms with van der Waals surface area (Å²) in [5, 5.41) is 20.6. The van der Waals surface area contributed by atoms with Gasteiger partial charge < -0.3 is 33.3 Å². The van der Waals surface area contributed by atoms with Crippen LogP contribution in [-0.4, -0.2) is 31.0 Å². The van der Waals surface area contributed by atoms with Gasteiger partial charge in [0.15, 0.2) is 16.8 Å². The number of aromatic hydroxyl groups is 2. The van der Waals surface area contributed by atoms with Crippen LogP contribution in [0, 0.1) is 6.92 Å². The van der Waals surface area contributed by atoms with Crippen LogP contribution in [-0.2, 0) is 6.42 Å². The Morgan fingerprint density at radius 2 is 1.68 bits per heavy atom. The maximum absolute atomic E-state index is 12.6. The van der Waals surface area contributed by atoms with E-state index in [-0.39, 0.29) is 39.1 Å². The summed E-state index contributed by atoms with van der Waals surface area (Å²) in [6.45, 7) is 4.15. The SMILES string of the molecule is CC1=CCc2c(cc3oc(C)cc(=O)c3c2O)OC1.COc1ccc(-c2coc3c(OC)c(O)ccc3c2=O)cc1. The highest BCUT2D eigenvalue weighted by Crippen LogP contribution is 2.37. The van der Waals surface area contributed by atoms with Crippen LogP contribution in [0.15, 0.2) is 84.9 Å². The van der Waals surface area contributed by atoms with Crippen LogP contribution >= 0.6 is 0 Å². The van der Waals surface area contributed by atoms with E-state index < -0.39 is 0 Å². The molecular weight excluding hydrogens is 528 g/mol. The minimum atomic E-state index is -0.232. The third-order valence-corrected chi connectivity index (χ3v) is 6.77. The fourth-order valence-electron chi connectivity index (χ4n) is 4.63. The van der Waals surface area contributed by atoms with Gasteiger partial charge in [0.1, 0.15) is 46.8 Å². The van der Waals surface area contributed by atoms with Crippen LogP contribution in [0.2, 0.25) is 0 Å². The van der Waals surface area contributed by atoms with E-state index >= 15 is 0 Å². The van der Waals surface area contributed by atoms with Crippen LogP contribution < -0.4 is 25.1 Å². The van der Waals surface area contributed by atoms with Gasteiger partial charge in [0.2, 0.25) is 11.2 Å². The van der Waals surface area contributed by atoms with Crippen molar-refractivity contribution in [1.29, 1.82) is 0 Å². The molecule has 0 radical (unpaired) electrons. The minimum Gasteiger partial charge on any atom is -0.507 e. The Hall–Kier alpha value is -5.18.